The number of rotatable bonds is 3. The van der Waals surface area contributed by atoms with Crippen molar-refractivity contribution in [2.24, 2.45) is 5.73 Å². The van der Waals surface area contributed by atoms with Crippen LogP contribution in [0.2, 0.25) is 0 Å². The number of primary amides is 1. The third-order valence-corrected chi connectivity index (χ3v) is 2.19. The number of carboxylic acids is 1. The minimum atomic E-state index is -1.12. The Labute approximate surface area is 95.3 Å². The summed E-state index contributed by atoms with van der Waals surface area (Å²) < 4.78 is 0. The van der Waals surface area contributed by atoms with Crippen LogP contribution in [-0.4, -0.2) is 31.9 Å². The van der Waals surface area contributed by atoms with Gasteiger partial charge in [0.25, 0.3) is 5.91 Å². The number of amides is 1. The van der Waals surface area contributed by atoms with Crippen molar-refractivity contribution in [2.75, 3.05) is 0 Å². The highest BCUT2D eigenvalue weighted by molar-refractivity contribution is 6.01. The molecule has 0 radical (unpaired) electrons. The molecule has 2 rings (SSSR count). The number of carboxylic acid groups (broad SMARTS) is 1. The summed E-state index contributed by atoms with van der Waals surface area (Å²) >= 11 is 0. The van der Waals surface area contributed by atoms with Crippen molar-refractivity contribution in [3.63, 3.8) is 0 Å². The van der Waals surface area contributed by atoms with Gasteiger partial charge in [-0.05, 0) is 6.07 Å². The van der Waals surface area contributed by atoms with Crippen molar-refractivity contribution in [3.05, 3.63) is 36.0 Å². The van der Waals surface area contributed by atoms with Gasteiger partial charge in [0.05, 0.1) is 11.9 Å². The van der Waals surface area contributed by atoms with Gasteiger partial charge >= 0.3 is 5.97 Å². The normalized spacial score (nSPS) is 10.1. The van der Waals surface area contributed by atoms with E-state index in [-0.39, 0.29) is 22.5 Å². The summed E-state index contributed by atoms with van der Waals surface area (Å²) in [7, 11) is 0. The fourth-order valence-electron chi connectivity index (χ4n) is 1.46. The van der Waals surface area contributed by atoms with E-state index in [1.165, 1.54) is 24.8 Å². The second-order valence-electron chi connectivity index (χ2n) is 3.22. The molecule has 2 aromatic heterocycles. The summed E-state index contributed by atoms with van der Waals surface area (Å²) in [6.07, 6.45) is 3.95. The largest absolute Gasteiger partial charge is 0.478 e. The Morgan fingerprint density at radius 2 is 2.18 bits per heavy atom. The standard InChI is InChI=1S/C10H8N4O3/c11-9(15)8-7(13-4-14-8)6-3-12-2-1-5(6)10(16)17/h1-4H,(H2,11,15)(H,13,14)(H,16,17). The van der Waals surface area contributed by atoms with Crippen molar-refractivity contribution < 1.29 is 14.7 Å². The van der Waals surface area contributed by atoms with Crippen LogP contribution in [0.4, 0.5) is 0 Å². The van der Waals surface area contributed by atoms with Crippen LogP contribution in [0.1, 0.15) is 20.8 Å². The molecule has 17 heavy (non-hydrogen) atoms. The molecule has 0 atom stereocenters. The number of imidazole rings is 1. The molecule has 7 nitrogen and oxygen atoms in total. The number of H-pyrrole nitrogens is 1. The first-order valence-corrected chi connectivity index (χ1v) is 4.62. The van der Waals surface area contributed by atoms with E-state index < -0.39 is 11.9 Å². The first-order valence-electron chi connectivity index (χ1n) is 4.62. The van der Waals surface area contributed by atoms with Crippen LogP contribution in [0.25, 0.3) is 11.3 Å². The van der Waals surface area contributed by atoms with Crippen molar-refractivity contribution in [2.45, 2.75) is 0 Å². The number of nitrogens with two attached hydrogens (primary N) is 1. The van der Waals surface area contributed by atoms with Gasteiger partial charge in [0.15, 0.2) is 0 Å². The number of hydrogen-bond donors (Lipinski definition) is 3. The van der Waals surface area contributed by atoms with Crippen LogP contribution in [0.5, 0.6) is 0 Å². The van der Waals surface area contributed by atoms with Crippen LogP contribution in [0.15, 0.2) is 24.8 Å². The Balaban J connectivity index is 2.64. The third-order valence-electron chi connectivity index (χ3n) is 2.19. The topological polar surface area (TPSA) is 122 Å². The van der Waals surface area contributed by atoms with E-state index in [0.29, 0.717) is 0 Å². The minimum absolute atomic E-state index is 0.00889. The molecule has 86 valence electrons. The van der Waals surface area contributed by atoms with Crippen molar-refractivity contribution in [3.8, 4) is 11.3 Å². The number of aromatic amines is 1. The van der Waals surface area contributed by atoms with Gasteiger partial charge in [0, 0.05) is 18.0 Å². The van der Waals surface area contributed by atoms with E-state index >= 15 is 0 Å². The van der Waals surface area contributed by atoms with E-state index in [2.05, 4.69) is 15.0 Å². The zero-order chi connectivity index (χ0) is 12.4. The molecule has 0 saturated heterocycles. The molecule has 1 amide bonds. The van der Waals surface area contributed by atoms with Gasteiger partial charge in [-0.1, -0.05) is 0 Å². The molecular weight excluding hydrogens is 224 g/mol. The molecule has 2 heterocycles. The number of pyridine rings is 1. The molecule has 4 N–H and O–H groups in total. The average Bonchev–Trinajstić information content (AvgIpc) is 2.77. The minimum Gasteiger partial charge on any atom is -0.478 e. The first kappa shape index (κ1) is 10.8. The third kappa shape index (κ3) is 1.85. The summed E-state index contributed by atoms with van der Waals surface area (Å²) in [6.45, 7) is 0. The van der Waals surface area contributed by atoms with Crippen LogP contribution < -0.4 is 5.73 Å². The Bertz CT molecular complexity index is 591. The van der Waals surface area contributed by atoms with Gasteiger partial charge < -0.3 is 15.8 Å². The van der Waals surface area contributed by atoms with E-state index in [9.17, 15) is 9.59 Å². The number of carbonyl (C=O) groups excluding carboxylic acids is 1. The second-order valence-corrected chi connectivity index (χ2v) is 3.22. The lowest BCUT2D eigenvalue weighted by Crippen LogP contribution is -2.13. The lowest BCUT2D eigenvalue weighted by Gasteiger charge is -2.03. The predicted molar refractivity (Wildman–Crippen MR) is 57.3 cm³/mol. The molecule has 7 heteroatoms. The van der Waals surface area contributed by atoms with Crippen LogP contribution in [0, 0.1) is 0 Å². The molecule has 0 aliphatic heterocycles. The van der Waals surface area contributed by atoms with Gasteiger partial charge in [0.1, 0.15) is 11.4 Å². The zero-order valence-corrected chi connectivity index (χ0v) is 8.54. The molecule has 0 fully saturated rings. The van der Waals surface area contributed by atoms with Gasteiger partial charge in [-0.3, -0.25) is 9.78 Å². The lowest BCUT2D eigenvalue weighted by atomic mass is 10.1. The maximum atomic E-state index is 11.1. The van der Waals surface area contributed by atoms with E-state index in [0.717, 1.165) is 0 Å². The van der Waals surface area contributed by atoms with Crippen molar-refractivity contribution in [1.29, 1.82) is 0 Å². The highest BCUT2D eigenvalue weighted by atomic mass is 16.4. The predicted octanol–water partition coefficient (Wildman–Crippen LogP) is 0.269. The van der Waals surface area contributed by atoms with Crippen molar-refractivity contribution >= 4 is 11.9 Å². The summed E-state index contributed by atoms with van der Waals surface area (Å²) in [6, 6.07) is 1.33. The molecule has 2 aromatic rings. The number of nitrogens with one attached hydrogen (secondary N) is 1. The first-order chi connectivity index (χ1) is 8.11. The van der Waals surface area contributed by atoms with E-state index in [4.69, 9.17) is 10.8 Å². The zero-order valence-electron chi connectivity index (χ0n) is 8.54. The Hall–Kier alpha value is -2.70. The molecule has 0 aliphatic rings. The summed E-state index contributed by atoms with van der Waals surface area (Å²) in [5, 5.41) is 9.01. The number of aromatic carboxylic acids is 1. The average molecular weight is 232 g/mol. The summed E-state index contributed by atoms with van der Waals surface area (Å²) in [5.74, 6) is -1.83. The van der Waals surface area contributed by atoms with Crippen LogP contribution >= 0.6 is 0 Å². The van der Waals surface area contributed by atoms with Gasteiger partial charge in [-0.25, -0.2) is 9.78 Å². The number of carbonyl (C=O) groups is 2. The van der Waals surface area contributed by atoms with Gasteiger partial charge in [-0.2, -0.15) is 0 Å². The highest BCUT2D eigenvalue weighted by Crippen LogP contribution is 2.23. The van der Waals surface area contributed by atoms with Crippen molar-refractivity contribution in [1.82, 2.24) is 15.0 Å². The summed E-state index contributed by atoms with van der Waals surface area (Å²) in [4.78, 5) is 32.4. The van der Waals surface area contributed by atoms with Gasteiger partial charge in [-0.15, -0.1) is 0 Å². The fourth-order valence-corrected chi connectivity index (χ4v) is 1.46. The Morgan fingerprint density at radius 3 is 2.82 bits per heavy atom. The summed E-state index contributed by atoms with van der Waals surface area (Å²) in [5.41, 5.74) is 5.64. The number of aromatic nitrogens is 3. The monoisotopic (exact) mass is 232 g/mol. The maximum Gasteiger partial charge on any atom is 0.336 e. The van der Waals surface area contributed by atoms with Crippen LogP contribution in [0.3, 0.4) is 0 Å². The molecule has 0 aliphatic carbocycles. The second kappa shape index (κ2) is 4.05. The maximum absolute atomic E-state index is 11.1. The SMILES string of the molecule is NC(=O)c1[nH]cnc1-c1cnccc1C(=O)O. The molecule has 0 spiro atoms. The van der Waals surface area contributed by atoms with Crippen LogP contribution in [-0.2, 0) is 0 Å². The molecule has 0 unspecified atom stereocenters. The molecule has 0 saturated carbocycles. The van der Waals surface area contributed by atoms with E-state index in [1.54, 1.807) is 0 Å². The molecule has 0 bridgehead atoms. The van der Waals surface area contributed by atoms with Gasteiger partial charge in [0.2, 0.25) is 0 Å². The number of nitrogens with zero attached hydrogens (tertiary/aromatic N) is 2. The van der Waals surface area contributed by atoms with E-state index in [1.807, 2.05) is 0 Å². The highest BCUT2D eigenvalue weighted by Gasteiger charge is 2.18. The number of hydrogen-bond acceptors (Lipinski definition) is 4. The Morgan fingerprint density at radius 1 is 1.41 bits per heavy atom. The molecular formula is C10H8N4O3. The Kier molecular flexibility index (Phi) is 2.57. The molecule has 0 aromatic carbocycles. The fraction of sp³-hybridized carbons (Fsp3) is 0. The smallest absolute Gasteiger partial charge is 0.336 e. The lowest BCUT2D eigenvalue weighted by molar-refractivity contribution is 0.0697. The quantitative estimate of drug-likeness (QED) is 0.701.